The Morgan fingerprint density at radius 2 is 2.00 bits per heavy atom. The molecule has 1 saturated heterocycles. The lowest BCUT2D eigenvalue weighted by Gasteiger charge is -2.24. The molecule has 0 radical (unpaired) electrons. The molecule has 0 bridgehead atoms. The fourth-order valence-electron chi connectivity index (χ4n) is 3.64. The molecule has 9 nitrogen and oxygen atoms in total. The molecule has 2 aromatic rings. The zero-order valence-corrected chi connectivity index (χ0v) is 19.9. The first-order valence-corrected chi connectivity index (χ1v) is 11.7. The lowest BCUT2D eigenvalue weighted by atomic mass is 10.0. The molecule has 33 heavy (non-hydrogen) atoms. The summed E-state index contributed by atoms with van der Waals surface area (Å²) in [5.74, 6) is -1.90. The number of rotatable bonds is 9. The number of hydrogen-bond donors (Lipinski definition) is 3. The molecule has 0 aliphatic carbocycles. The van der Waals surface area contributed by atoms with Crippen molar-refractivity contribution in [1.29, 1.82) is 0 Å². The highest BCUT2D eigenvalue weighted by Gasteiger charge is 2.50. The molecule has 10 heteroatoms. The van der Waals surface area contributed by atoms with E-state index in [9.17, 15) is 19.5 Å². The second kappa shape index (κ2) is 10.4. The van der Waals surface area contributed by atoms with Gasteiger partial charge in [-0.3, -0.25) is 14.9 Å². The van der Waals surface area contributed by atoms with Crippen molar-refractivity contribution in [2.45, 2.75) is 62.7 Å². The zero-order chi connectivity index (χ0) is 24.2. The molecule has 2 heterocycles. The van der Waals surface area contributed by atoms with Crippen LogP contribution in [0.15, 0.2) is 34.9 Å². The second-order valence-corrected chi connectivity index (χ2v) is 10.2. The third-order valence-corrected chi connectivity index (χ3v) is 6.93. The van der Waals surface area contributed by atoms with E-state index in [0.29, 0.717) is 23.4 Å². The number of hydrogen-bond acceptors (Lipinski definition) is 8. The predicted molar refractivity (Wildman–Crippen MR) is 124 cm³/mol. The number of carboxylic acids is 1. The van der Waals surface area contributed by atoms with Crippen LogP contribution >= 0.6 is 11.8 Å². The van der Waals surface area contributed by atoms with Gasteiger partial charge in [0.05, 0.1) is 12.0 Å². The molecule has 3 atom stereocenters. The predicted octanol–water partition coefficient (Wildman–Crippen LogP) is 2.99. The van der Waals surface area contributed by atoms with Crippen LogP contribution in [0.5, 0.6) is 0 Å². The molecule has 1 aliphatic heterocycles. The van der Waals surface area contributed by atoms with Gasteiger partial charge in [-0.25, -0.2) is 4.79 Å². The second-order valence-electron chi connectivity index (χ2n) is 8.38. The number of carboxylic acid groups (broad SMARTS) is 1. The van der Waals surface area contributed by atoms with E-state index in [1.807, 2.05) is 25.1 Å². The highest BCUT2D eigenvalue weighted by atomic mass is 32.2. The summed E-state index contributed by atoms with van der Waals surface area (Å²) in [5, 5.41) is 18.6. The Labute approximate surface area is 196 Å². The maximum Gasteiger partial charge on any atom is 0.331 e. The first-order chi connectivity index (χ1) is 15.7. The van der Waals surface area contributed by atoms with Crippen molar-refractivity contribution in [1.82, 2.24) is 15.8 Å². The molecule has 178 valence electrons. The van der Waals surface area contributed by atoms with Gasteiger partial charge in [0.15, 0.2) is 6.04 Å². The van der Waals surface area contributed by atoms with Gasteiger partial charge in [-0.05, 0) is 27.2 Å². The third-order valence-electron chi connectivity index (χ3n) is 5.43. The average molecular weight is 476 g/mol. The Morgan fingerprint density at radius 3 is 2.61 bits per heavy atom. The van der Waals surface area contributed by atoms with Gasteiger partial charge < -0.3 is 19.7 Å². The summed E-state index contributed by atoms with van der Waals surface area (Å²) in [5.41, 5.74) is 1.27. The molecule has 0 spiro atoms. The van der Waals surface area contributed by atoms with Crippen LogP contribution in [-0.4, -0.2) is 56.9 Å². The Bertz CT molecular complexity index is 1010. The molecule has 1 amide bonds. The number of thioether (sulfide) groups is 1. The minimum atomic E-state index is -1.11. The van der Waals surface area contributed by atoms with Crippen molar-refractivity contribution in [2.75, 3.05) is 6.61 Å². The molecule has 1 aliphatic rings. The van der Waals surface area contributed by atoms with Gasteiger partial charge in [-0.15, -0.1) is 11.8 Å². The van der Waals surface area contributed by atoms with E-state index in [0.717, 1.165) is 6.42 Å². The van der Waals surface area contributed by atoms with E-state index >= 15 is 0 Å². The van der Waals surface area contributed by atoms with Gasteiger partial charge >= 0.3 is 11.9 Å². The number of carbonyl (C=O) groups is 3. The Morgan fingerprint density at radius 1 is 1.30 bits per heavy atom. The van der Waals surface area contributed by atoms with Crippen molar-refractivity contribution in [3.8, 4) is 11.3 Å². The van der Waals surface area contributed by atoms with Crippen LogP contribution in [0.2, 0.25) is 0 Å². The Balaban J connectivity index is 1.88. The molecule has 1 fully saturated rings. The number of nitrogens with one attached hydrogen (secondary N) is 2. The highest BCUT2D eigenvalue weighted by Crippen LogP contribution is 2.39. The van der Waals surface area contributed by atoms with Crippen molar-refractivity contribution in [3.63, 3.8) is 0 Å². The third kappa shape index (κ3) is 5.56. The van der Waals surface area contributed by atoms with E-state index < -0.39 is 40.1 Å². The number of esters is 1. The topological polar surface area (TPSA) is 131 Å². The maximum atomic E-state index is 13.3. The number of nitrogens with zero attached hydrogens (tertiary/aromatic N) is 1. The summed E-state index contributed by atoms with van der Waals surface area (Å²) in [4.78, 5) is 38.0. The molecule has 0 saturated carbocycles. The average Bonchev–Trinajstić information content (AvgIpc) is 3.31. The number of aryl methyl sites for hydroxylation is 1. The summed E-state index contributed by atoms with van der Waals surface area (Å²) < 4.78 is 9.96. The van der Waals surface area contributed by atoms with Crippen LogP contribution < -0.4 is 10.6 Å². The molecule has 3 N–H and O–H groups in total. The largest absolute Gasteiger partial charge is 0.480 e. The summed E-state index contributed by atoms with van der Waals surface area (Å²) in [7, 11) is 0. The van der Waals surface area contributed by atoms with E-state index in [-0.39, 0.29) is 12.2 Å². The molecular weight excluding hydrogens is 446 g/mol. The number of benzene rings is 1. The van der Waals surface area contributed by atoms with Crippen molar-refractivity contribution >= 4 is 29.6 Å². The quantitative estimate of drug-likeness (QED) is 0.370. The van der Waals surface area contributed by atoms with E-state index in [2.05, 4.69) is 15.8 Å². The number of aromatic nitrogens is 1. The summed E-state index contributed by atoms with van der Waals surface area (Å²) >= 11 is 1.28. The van der Waals surface area contributed by atoms with Gasteiger partial charge in [0.1, 0.15) is 23.1 Å². The molecule has 0 unspecified atom stereocenters. The van der Waals surface area contributed by atoms with Crippen molar-refractivity contribution in [2.24, 2.45) is 0 Å². The lowest BCUT2D eigenvalue weighted by molar-refractivity contribution is -0.147. The van der Waals surface area contributed by atoms with E-state index in [4.69, 9.17) is 9.26 Å². The minimum Gasteiger partial charge on any atom is -0.480 e. The number of unbranched alkanes of at least 4 members (excludes halogenated alkanes) is 1. The van der Waals surface area contributed by atoms with Gasteiger partial charge in [-0.1, -0.05) is 48.8 Å². The lowest BCUT2D eigenvalue weighted by Crippen LogP contribution is -2.54. The summed E-state index contributed by atoms with van der Waals surface area (Å²) in [6.45, 7) is 7.37. The molecule has 1 aromatic heterocycles. The van der Waals surface area contributed by atoms with Crippen LogP contribution in [0.3, 0.4) is 0 Å². The van der Waals surface area contributed by atoms with Crippen molar-refractivity contribution < 1.29 is 28.8 Å². The summed E-state index contributed by atoms with van der Waals surface area (Å²) in [6.07, 6.45) is 1.53. The standard InChI is InChI=1S/C23H29N3O6S/c1-5-6-12-31-22(30)17(20-25-18(21(28)29)23(3,4)33-20)24-19(27)15-13(2)32-26-16(15)14-10-8-7-9-11-14/h7-11,17-18,20,25H,5-6,12H2,1-4H3,(H,24,27)(H,28,29)/t17-,18-,20+/m0/s1. The maximum absolute atomic E-state index is 13.3. The number of carbonyl (C=O) groups excluding carboxylic acids is 2. The van der Waals surface area contributed by atoms with Gasteiger partial charge in [0.25, 0.3) is 5.91 Å². The molecule has 1 aromatic carbocycles. The highest BCUT2D eigenvalue weighted by molar-refractivity contribution is 8.01. The SMILES string of the molecule is CCCCOC(=O)[C@@H](NC(=O)c1c(-c2ccccc2)noc1C)[C@@H]1N[C@@H](C(=O)O)C(C)(C)S1. The van der Waals surface area contributed by atoms with Crippen molar-refractivity contribution in [3.05, 3.63) is 41.7 Å². The minimum absolute atomic E-state index is 0.213. The number of aliphatic carboxylic acids is 1. The van der Waals surface area contributed by atoms with Gasteiger partial charge in [0.2, 0.25) is 0 Å². The molecular formula is C23H29N3O6S. The smallest absolute Gasteiger partial charge is 0.331 e. The van der Waals surface area contributed by atoms with Crippen LogP contribution in [0.1, 0.15) is 49.7 Å². The van der Waals surface area contributed by atoms with Crippen LogP contribution in [-0.2, 0) is 14.3 Å². The number of amides is 1. The fourth-order valence-corrected chi connectivity index (χ4v) is 5.12. The summed E-state index contributed by atoms with van der Waals surface area (Å²) in [6, 6.07) is 7.10. The van der Waals surface area contributed by atoms with E-state index in [1.165, 1.54) is 11.8 Å². The fraction of sp³-hybridized carbons (Fsp3) is 0.478. The van der Waals surface area contributed by atoms with Gasteiger partial charge in [0, 0.05) is 10.3 Å². The zero-order valence-electron chi connectivity index (χ0n) is 19.1. The Kier molecular flexibility index (Phi) is 7.80. The van der Waals surface area contributed by atoms with Gasteiger partial charge in [-0.2, -0.15) is 0 Å². The first-order valence-electron chi connectivity index (χ1n) is 10.8. The normalized spacial score (nSPS) is 20.2. The monoisotopic (exact) mass is 475 g/mol. The van der Waals surface area contributed by atoms with Crippen LogP contribution in [0.25, 0.3) is 11.3 Å². The number of ether oxygens (including phenoxy) is 1. The van der Waals surface area contributed by atoms with E-state index in [1.54, 1.807) is 32.9 Å². The van der Waals surface area contributed by atoms with Crippen LogP contribution in [0, 0.1) is 6.92 Å². The Hall–Kier alpha value is -2.85. The first kappa shape index (κ1) is 24.8. The van der Waals surface area contributed by atoms with Crippen LogP contribution in [0.4, 0.5) is 0 Å². The molecule has 3 rings (SSSR count).